The summed E-state index contributed by atoms with van der Waals surface area (Å²) in [5.74, 6) is 0.967. The molecule has 20 heavy (non-hydrogen) atoms. The first-order valence-corrected chi connectivity index (χ1v) is 7.17. The molecule has 0 aliphatic carbocycles. The Kier molecular flexibility index (Phi) is 4.99. The van der Waals surface area contributed by atoms with Gasteiger partial charge in [-0.25, -0.2) is 0 Å². The highest BCUT2D eigenvalue weighted by Crippen LogP contribution is 2.27. The fourth-order valence-corrected chi connectivity index (χ4v) is 2.68. The van der Waals surface area contributed by atoms with Crippen molar-refractivity contribution >= 4 is 0 Å². The third-order valence-electron chi connectivity index (χ3n) is 3.84. The summed E-state index contributed by atoms with van der Waals surface area (Å²) in [7, 11) is 2.11. The second kappa shape index (κ2) is 6.73. The average Bonchev–Trinajstić information content (AvgIpc) is 2.93. The third-order valence-corrected chi connectivity index (χ3v) is 3.84. The van der Waals surface area contributed by atoms with E-state index in [4.69, 9.17) is 10.2 Å². The van der Waals surface area contributed by atoms with Crippen LogP contribution in [-0.4, -0.2) is 18.0 Å². The molecule has 1 aromatic heterocycles. The molecule has 0 saturated heterocycles. The van der Waals surface area contributed by atoms with Gasteiger partial charge in [-0.05, 0) is 43.7 Å². The van der Waals surface area contributed by atoms with Crippen LogP contribution in [0.2, 0.25) is 0 Å². The molecule has 2 atom stereocenters. The van der Waals surface area contributed by atoms with Gasteiger partial charge in [-0.15, -0.1) is 0 Å². The summed E-state index contributed by atoms with van der Waals surface area (Å²) in [6, 6.07) is 12.7. The lowest BCUT2D eigenvalue weighted by Crippen LogP contribution is -2.38. The quantitative estimate of drug-likeness (QED) is 0.875. The van der Waals surface area contributed by atoms with Crippen LogP contribution in [0.1, 0.15) is 36.3 Å². The number of furan rings is 1. The molecule has 1 aromatic carbocycles. The Balaban J connectivity index is 2.25. The van der Waals surface area contributed by atoms with Crippen molar-refractivity contribution in [1.29, 1.82) is 0 Å². The summed E-state index contributed by atoms with van der Waals surface area (Å²) in [5.41, 5.74) is 8.96. The van der Waals surface area contributed by atoms with Crippen molar-refractivity contribution in [2.24, 2.45) is 5.73 Å². The normalized spacial score (nSPS) is 14.4. The van der Waals surface area contributed by atoms with Crippen LogP contribution in [0.3, 0.4) is 0 Å². The lowest BCUT2D eigenvalue weighted by atomic mass is 9.93. The van der Waals surface area contributed by atoms with Gasteiger partial charge in [-0.3, -0.25) is 4.90 Å². The number of hydrogen-bond donors (Lipinski definition) is 1. The summed E-state index contributed by atoms with van der Waals surface area (Å²) < 4.78 is 5.45. The van der Waals surface area contributed by atoms with Gasteiger partial charge in [0, 0.05) is 6.04 Å². The molecule has 0 fully saturated rings. The van der Waals surface area contributed by atoms with Crippen molar-refractivity contribution < 1.29 is 4.42 Å². The number of nitrogens with two attached hydrogens (primary N) is 1. The third kappa shape index (κ3) is 3.30. The molecule has 0 radical (unpaired) electrons. The van der Waals surface area contributed by atoms with Crippen LogP contribution in [0, 0.1) is 6.92 Å². The van der Waals surface area contributed by atoms with E-state index in [1.165, 1.54) is 11.1 Å². The van der Waals surface area contributed by atoms with Crippen molar-refractivity contribution in [1.82, 2.24) is 4.90 Å². The van der Waals surface area contributed by atoms with Crippen LogP contribution in [-0.2, 0) is 6.54 Å². The summed E-state index contributed by atoms with van der Waals surface area (Å²) in [6.07, 6.45) is 2.66. The maximum atomic E-state index is 6.38. The molecule has 2 N–H and O–H groups in total. The summed E-state index contributed by atoms with van der Waals surface area (Å²) in [4.78, 5) is 2.27. The Labute approximate surface area is 121 Å². The van der Waals surface area contributed by atoms with Crippen LogP contribution >= 0.6 is 0 Å². The molecule has 0 bridgehead atoms. The second-order valence-electron chi connectivity index (χ2n) is 5.37. The van der Waals surface area contributed by atoms with Gasteiger partial charge in [0.1, 0.15) is 5.76 Å². The standard InChI is InChI=1S/C17H24N2O/c1-4-16(18)17(15-10-6-5-8-13(15)2)19(3)12-14-9-7-11-20-14/h5-11,16-17H,4,12,18H2,1-3H3. The van der Waals surface area contributed by atoms with Crippen LogP contribution in [0.25, 0.3) is 0 Å². The van der Waals surface area contributed by atoms with Gasteiger partial charge in [0.15, 0.2) is 0 Å². The Morgan fingerprint density at radius 2 is 1.95 bits per heavy atom. The smallest absolute Gasteiger partial charge is 0.117 e. The van der Waals surface area contributed by atoms with Gasteiger partial charge in [-0.2, -0.15) is 0 Å². The summed E-state index contributed by atoms with van der Waals surface area (Å²) in [6.45, 7) is 5.04. The maximum Gasteiger partial charge on any atom is 0.117 e. The highest BCUT2D eigenvalue weighted by molar-refractivity contribution is 5.30. The number of nitrogens with zero attached hydrogens (tertiary/aromatic N) is 1. The molecule has 0 aliphatic heterocycles. The predicted molar refractivity (Wildman–Crippen MR) is 82.4 cm³/mol. The first-order chi connectivity index (χ1) is 9.63. The second-order valence-corrected chi connectivity index (χ2v) is 5.37. The van der Waals surface area contributed by atoms with Gasteiger partial charge in [0.25, 0.3) is 0 Å². The number of hydrogen-bond acceptors (Lipinski definition) is 3. The van der Waals surface area contributed by atoms with Crippen LogP contribution in [0.5, 0.6) is 0 Å². The largest absolute Gasteiger partial charge is 0.468 e. The predicted octanol–water partition coefficient (Wildman–Crippen LogP) is 3.50. The fourth-order valence-electron chi connectivity index (χ4n) is 2.68. The van der Waals surface area contributed by atoms with E-state index in [2.05, 4.69) is 50.1 Å². The van der Waals surface area contributed by atoms with Gasteiger partial charge >= 0.3 is 0 Å². The van der Waals surface area contributed by atoms with Crippen molar-refractivity contribution in [3.05, 3.63) is 59.5 Å². The average molecular weight is 272 g/mol. The lowest BCUT2D eigenvalue weighted by Gasteiger charge is -2.33. The van der Waals surface area contributed by atoms with Crippen molar-refractivity contribution in [2.45, 2.75) is 38.9 Å². The summed E-state index contributed by atoms with van der Waals surface area (Å²) >= 11 is 0. The Morgan fingerprint density at radius 3 is 2.55 bits per heavy atom. The van der Waals surface area contributed by atoms with Gasteiger partial charge in [0.05, 0.1) is 18.8 Å². The number of benzene rings is 1. The first-order valence-electron chi connectivity index (χ1n) is 7.17. The van der Waals surface area contributed by atoms with Crippen molar-refractivity contribution in [2.75, 3.05) is 7.05 Å². The zero-order valence-corrected chi connectivity index (χ0v) is 12.5. The van der Waals surface area contributed by atoms with E-state index < -0.39 is 0 Å². The molecule has 0 amide bonds. The molecule has 108 valence electrons. The highest BCUT2D eigenvalue weighted by atomic mass is 16.3. The summed E-state index contributed by atoms with van der Waals surface area (Å²) in [5, 5.41) is 0. The number of rotatable bonds is 6. The van der Waals surface area contributed by atoms with Gasteiger partial charge < -0.3 is 10.2 Å². The van der Waals surface area contributed by atoms with Crippen molar-refractivity contribution in [3.63, 3.8) is 0 Å². The lowest BCUT2D eigenvalue weighted by molar-refractivity contribution is 0.187. The SMILES string of the molecule is CCC(N)C(c1ccccc1C)N(C)Cc1ccco1. The van der Waals surface area contributed by atoms with E-state index in [1.54, 1.807) is 6.26 Å². The zero-order chi connectivity index (χ0) is 14.5. The molecule has 3 heteroatoms. The molecule has 0 aliphatic rings. The van der Waals surface area contributed by atoms with Gasteiger partial charge in [0.2, 0.25) is 0 Å². The molecule has 2 rings (SSSR count). The van der Waals surface area contributed by atoms with E-state index >= 15 is 0 Å². The molecule has 2 aromatic rings. The van der Waals surface area contributed by atoms with Gasteiger partial charge in [-0.1, -0.05) is 31.2 Å². The molecule has 0 saturated carbocycles. The minimum Gasteiger partial charge on any atom is -0.468 e. The first kappa shape index (κ1) is 14.8. The van der Waals surface area contributed by atoms with E-state index in [0.29, 0.717) is 0 Å². The highest BCUT2D eigenvalue weighted by Gasteiger charge is 2.24. The Hall–Kier alpha value is -1.58. The van der Waals surface area contributed by atoms with Crippen LogP contribution < -0.4 is 5.73 Å². The van der Waals surface area contributed by atoms with Crippen molar-refractivity contribution in [3.8, 4) is 0 Å². The minimum absolute atomic E-state index is 0.107. The molecule has 0 spiro atoms. The fraction of sp³-hybridized carbons (Fsp3) is 0.412. The molecular formula is C17H24N2O. The van der Waals surface area contributed by atoms with Crippen LogP contribution in [0.4, 0.5) is 0 Å². The zero-order valence-electron chi connectivity index (χ0n) is 12.5. The maximum absolute atomic E-state index is 6.38. The minimum atomic E-state index is 0.107. The Morgan fingerprint density at radius 1 is 1.20 bits per heavy atom. The van der Waals surface area contributed by atoms with Crippen LogP contribution in [0.15, 0.2) is 47.1 Å². The van der Waals surface area contributed by atoms with E-state index in [-0.39, 0.29) is 12.1 Å². The van der Waals surface area contributed by atoms with E-state index in [0.717, 1.165) is 18.7 Å². The molecular weight excluding hydrogens is 248 g/mol. The van der Waals surface area contributed by atoms with E-state index in [9.17, 15) is 0 Å². The molecule has 1 heterocycles. The van der Waals surface area contributed by atoms with E-state index in [1.807, 2.05) is 12.1 Å². The number of likely N-dealkylation sites (N-methyl/N-ethyl adjacent to an activating group) is 1. The Bertz CT molecular complexity index is 522. The topological polar surface area (TPSA) is 42.4 Å². The number of aryl methyl sites for hydroxylation is 1. The molecule has 2 unspecified atom stereocenters. The monoisotopic (exact) mass is 272 g/mol. The molecule has 3 nitrogen and oxygen atoms in total.